The van der Waals surface area contributed by atoms with Crippen LogP contribution in [0.3, 0.4) is 0 Å². The fourth-order valence-corrected chi connectivity index (χ4v) is 4.26. The zero-order valence-corrected chi connectivity index (χ0v) is 16.7. The van der Waals surface area contributed by atoms with Gasteiger partial charge in [-0.15, -0.1) is 10.2 Å². The quantitative estimate of drug-likeness (QED) is 0.757. The van der Waals surface area contributed by atoms with Crippen molar-refractivity contribution in [1.82, 2.24) is 24.6 Å². The standard InChI is InChI=1S/C18H30N6S/c1-14(2)17-20-21-18(25-17)24-10-5-7-15(13-24)16-19-8-12-23(16)11-6-9-22(3)4/h8,12,14-15H,5-7,9-11,13H2,1-4H3/t15-/m1/s1. The van der Waals surface area contributed by atoms with Gasteiger partial charge in [-0.25, -0.2) is 4.98 Å². The lowest BCUT2D eigenvalue weighted by Crippen LogP contribution is -2.35. The van der Waals surface area contributed by atoms with Crippen molar-refractivity contribution in [2.75, 3.05) is 38.6 Å². The fraction of sp³-hybridized carbons (Fsp3) is 0.722. The first-order chi connectivity index (χ1) is 12.0. The molecule has 1 aliphatic heterocycles. The molecule has 1 saturated heterocycles. The highest BCUT2D eigenvalue weighted by molar-refractivity contribution is 7.15. The van der Waals surface area contributed by atoms with Gasteiger partial charge in [-0.3, -0.25) is 0 Å². The molecule has 0 bridgehead atoms. The predicted octanol–water partition coefficient (Wildman–Crippen LogP) is 3.19. The van der Waals surface area contributed by atoms with Crippen LogP contribution in [0.2, 0.25) is 0 Å². The molecule has 2 aromatic rings. The zero-order valence-electron chi connectivity index (χ0n) is 15.9. The Bertz CT molecular complexity index is 662. The summed E-state index contributed by atoms with van der Waals surface area (Å²) in [5.41, 5.74) is 0. The van der Waals surface area contributed by atoms with Gasteiger partial charge in [0.05, 0.1) is 0 Å². The highest BCUT2D eigenvalue weighted by Gasteiger charge is 2.26. The highest BCUT2D eigenvalue weighted by Crippen LogP contribution is 2.32. The summed E-state index contributed by atoms with van der Waals surface area (Å²) in [7, 11) is 4.25. The van der Waals surface area contributed by atoms with E-state index in [-0.39, 0.29) is 0 Å². The van der Waals surface area contributed by atoms with Gasteiger partial charge in [0.25, 0.3) is 0 Å². The van der Waals surface area contributed by atoms with Crippen LogP contribution in [-0.4, -0.2) is 58.4 Å². The molecule has 2 aromatic heterocycles. The lowest BCUT2D eigenvalue weighted by atomic mass is 9.97. The van der Waals surface area contributed by atoms with E-state index in [0.717, 1.165) is 42.7 Å². The summed E-state index contributed by atoms with van der Waals surface area (Å²) in [4.78, 5) is 9.33. The molecule has 0 aliphatic carbocycles. The number of aryl methyl sites for hydroxylation is 1. The minimum atomic E-state index is 0.447. The number of hydrogen-bond acceptors (Lipinski definition) is 6. The third-order valence-corrected chi connectivity index (χ3v) is 6.02. The van der Waals surface area contributed by atoms with Crippen molar-refractivity contribution in [2.45, 2.75) is 51.5 Å². The van der Waals surface area contributed by atoms with Crippen molar-refractivity contribution in [1.29, 1.82) is 0 Å². The third kappa shape index (κ3) is 4.58. The third-order valence-electron chi connectivity index (χ3n) is 4.73. The second-order valence-electron chi connectivity index (χ2n) is 7.50. The van der Waals surface area contributed by atoms with Crippen LogP contribution in [0.1, 0.15) is 55.8 Å². The number of piperidine rings is 1. The summed E-state index contributed by atoms with van der Waals surface area (Å²) < 4.78 is 2.34. The molecular formula is C18H30N6S. The molecule has 0 aromatic carbocycles. The molecule has 0 spiro atoms. The largest absolute Gasteiger partial charge is 0.346 e. The van der Waals surface area contributed by atoms with Crippen LogP contribution in [0.4, 0.5) is 5.13 Å². The Morgan fingerprint density at radius 1 is 1.32 bits per heavy atom. The van der Waals surface area contributed by atoms with Gasteiger partial charge in [0.15, 0.2) is 0 Å². The van der Waals surface area contributed by atoms with E-state index in [1.54, 1.807) is 11.3 Å². The van der Waals surface area contributed by atoms with Crippen molar-refractivity contribution in [3.63, 3.8) is 0 Å². The summed E-state index contributed by atoms with van der Waals surface area (Å²) in [6.45, 7) is 8.57. The molecule has 1 aliphatic rings. The van der Waals surface area contributed by atoms with Crippen molar-refractivity contribution in [2.24, 2.45) is 0 Å². The molecule has 6 nitrogen and oxygen atoms in total. The topological polar surface area (TPSA) is 50.1 Å². The van der Waals surface area contributed by atoms with Crippen LogP contribution in [0.5, 0.6) is 0 Å². The first-order valence-corrected chi connectivity index (χ1v) is 10.1. The van der Waals surface area contributed by atoms with Crippen LogP contribution >= 0.6 is 11.3 Å². The van der Waals surface area contributed by atoms with Gasteiger partial charge >= 0.3 is 0 Å². The Morgan fingerprint density at radius 3 is 2.88 bits per heavy atom. The number of rotatable bonds is 7. The summed E-state index contributed by atoms with van der Waals surface area (Å²) in [6, 6.07) is 0. The zero-order chi connectivity index (χ0) is 17.8. The predicted molar refractivity (Wildman–Crippen MR) is 104 cm³/mol. The van der Waals surface area contributed by atoms with Gasteiger partial charge in [-0.05, 0) is 39.9 Å². The summed E-state index contributed by atoms with van der Waals surface area (Å²) >= 11 is 1.74. The lowest BCUT2D eigenvalue weighted by Gasteiger charge is -2.32. The summed E-state index contributed by atoms with van der Waals surface area (Å²) in [5, 5.41) is 11.0. The maximum Gasteiger partial charge on any atom is 0.208 e. The molecule has 25 heavy (non-hydrogen) atoms. The average molecular weight is 363 g/mol. The Morgan fingerprint density at radius 2 is 2.16 bits per heavy atom. The average Bonchev–Trinajstić information content (AvgIpc) is 3.24. The minimum Gasteiger partial charge on any atom is -0.346 e. The van der Waals surface area contributed by atoms with E-state index in [4.69, 9.17) is 0 Å². The number of hydrogen-bond donors (Lipinski definition) is 0. The Labute approximate surface area is 154 Å². The lowest BCUT2D eigenvalue weighted by molar-refractivity contribution is 0.380. The highest BCUT2D eigenvalue weighted by atomic mass is 32.1. The first-order valence-electron chi connectivity index (χ1n) is 9.28. The van der Waals surface area contributed by atoms with Crippen LogP contribution in [0.15, 0.2) is 12.4 Å². The maximum absolute atomic E-state index is 4.69. The number of nitrogens with zero attached hydrogens (tertiary/aromatic N) is 6. The molecule has 0 unspecified atom stereocenters. The molecule has 3 rings (SSSR count). The van der Waals surface area contributed by atoms with Gasteiger partial charge in [-0.1, -0.05) is 25.2 Å². The molecule has 138 valence electrons. The van der Waals surface area contributed by atoms with Crippen LogP contribution in [-0.2, 0) is 6.54 Å². The normalized spacial score (nSPS) is 18.5. The molecule has 0 saturated carbocycles. The molecular weight excluding hydrogens is 332 g/mol. The van der Waals surface area contributed by atoms with E-state index in [2.05, 4.69) is 63.7 Å². The van der Waals surface area contributed by atoms with Crippen molar-refractivity contribution in [3.8, 4) is 0 Å². The van der Waals surface area contributed by atoms with E-state index < -0.39 is 0 Å². The molecule has 7 heteroatoms. The molecule has 0 N–H and O–H groups in total. The fourth-order valence-electron chi connectivity index (χ4n) is 3.38. The van der Waals surface area contributed by atoms with Gasteiger partial charge in [0.2, 0.25) is 5.13 Å². The molecule has 1 fully saturated rings. The second-order valence-corrected chi connectivity index (χ2v) is 8.49. The van der Waals surface area contributed by atoms with Crippen molar-refractivity contribution < 1.29 is 0 Å². The number of anilines is 1. The van der Waals surface area contributed by atoms with Gasteiger partial charge in [0.1, 0.15) is 10.8 Å². The van der Waals surface area contributed by atoms with E-state index in [1.807, 2.05) is 6.20 Å². The number of imidazole rings is 1. The van der Waals surface area contributed by atoms with E-state index in [0.29, 0.717) is 11.8 Å². The molecule has 1 atom stereocenters. The maximum atomic E-state index is 4.69. The van der Waals surface area contributed by atoms with Crippen LogP contribution in [0.25, 0.3) is 0 Å². The summed E-state index contributed by atoms with van der Waals surface area (Å²) in [6.07, 6.45) is 7.63. The van der Waals surface area contributed by atoms with Crippen LogP contribution in [0, 0.1) is 0 Å². The van der Waals surface area contributed by atoms with E-state index in [1.165, 1.54) is 18.7 Å². The monoisotopic (exact) mass is 362 g/mol. The van der Waals surface area contributed by atoms with Gasteiger partial charge in [0, 0.05) is 43.9 Å². The Balaban J connectivity index is 1.66. The summed E-state index contributed by atoms with van der Waals surface area (Å²) in [5.74, 6) is 2.16. The Kier molecular flexibility index (Phi) is 6.06. The van der Waals surface area contributed by atoms with Gasteiger partial charge in [-0.2, -0.15) is 0 Å². The van der Waals surface area contributed by atoms with Crippen LogP contribution < -0.4 is 4.90 Å². The Hall–Kier alpha value is -1.47. The molecule has 0 amide bonds. The SMILES string of the molecule is CC(C)c1nnc(N2CCC[C@@H](c3nccn3CCCN(C)C)C2)s1. The molecule has 0 radical (unpaired) electrons. The first kappa shape index (κ1) is 18.3. The second kappa shape index (κ2) is 8.27. The van der Waals surface area contributed by atoms with E-state index in [9.17, 15) is 0 Å². The molecule has 3 heterocycles. The van der Waals surface area contributed by atoms with E-state index >= 15 is 0 Å². The van der Waals surface area contributed by atoms with Gasteiger partial charge < -0.3 is 14.4 Å². The number of aromatic nitrogens is 4. The van der Waals surface area contributed by atoms with Crippen molar-refractivity contribution in [3.05, 3.63) is 23.2 Å². The smallest absolute Gasteiger partial charge is 0.208 e. The minimum absolute atomic E-state index is 0.447. The van der Waals surface area contributed by atoms with Crippen molar-refractivity contribution >= 4 is 16.5 Å².